The van der Waals surface area contributed by atoms with Crippen LogP contribution in [0, 0.1) is 6.92 Å². The molecule has 0 N–H and O–H groups in total. The fraction of sp³-hybridized carbons (Fsp3) is 0.167. The van der Waals surface area contributed by atoms with Gasteiger partial charge in [-0.2, -0.15) is 8.42 Å². The van der Waals surface area contributed by atoms with Crippen LogP contribution in [-0.2, 0) is 20.9 Å². The lowest BCUT2D eigenvalue weighted by Gasteiger charge is -2.10. The summed E-state index contributed by atoms with van der Waals surface area (Å²) in [6, 6.07) is 15.9. The molecular weight excluding hydrogens is 310 g/mol. The molecule has 1 heterocycles. The largest absolute Gasteiger partial charge is 0.265 e. The van der Waals surface area contributed by atoms with Gasteiger partial charge in [-0.15, -0.1) is 0 Å². The van der Waals surface area contributed by atoms with Crippen molar-refractivity contribution in [3.05, 3.63) is 65.9 Å². The Bertz CT molecular complexity index is 965. The summed E-state index contributed by atoms with van der Waals surface area (Å²) in [6.45, 7) is 2.10. The first-order valence-corrected chi connectivity index (χ1v) is 9.04. The van der Waals surface area contributed by atoms with Crippen molar-refractivity contribution in [3.63, 3.8) is 0 Å². The van der Waals surface area contributed by atoms with Crippen molar-refractivity contribution >= 4 is 21.0 Å². The van der Waals surface area contributed by atoms with E-state index in [1.807, 2.05) is 36.4 Å². The molecule has 0 saturated heterocycles. The molecule has 0 bridgehead atoms. The number of fused-ring (bicyclic) bond motifs is 1. The summed E-state index contributed by atoms with van der Waals surface area (Å²) < 4.78 is 27.1. The van der Waals surface area contributed by atoms with Crippen molar-refractivity contribution in [2.45, 2.75) is 13.5 Å². The molecule has 0 amide bonds. The summed E-state index contributed by atoms with van der Waals surface area (Å²) in [5.74, 6) is 0. The van der Waals surface area contributed by atoms with E-state index in [0.29, 0.717) is 0 Å². The molecule has 0 aliphatic heterocycles. The highest BCUT2D eigenvalue weighted by Crippen LogP contribution is 2.30. The summed E-state index contributed by atoms with van der Waals surface area (Å²) in [6.07, 6.45) is 2.81. The highest BCUT2D eigenvalue weighted by molar-refractivity contribution is 7.85. The van der Waals surface area contributed by atoms with Crippen LogP contribution < -0.4 is 0 Å². The van der Waals surface area contributed by atoms with Crippen LogP contribution in [0.1, 0.15) is 11.1 Å². The highest BCUT2D eigenvalue weighted by Gasteiger charge is 2.08. The van der Waals surface area contributed by atoms with Crippen LogP contribution >= 0.6 is 0 Å². The van der Waals surface area contributed by atoms with E-state index in [1.165, 1.54) is 11.1 Å². The van der Waals surface area contributed by atoms with Gasteiger partial charge in [0.15, 0.2) is 0 Å². The first kappa shape index (κ1) is 15.6. The Hall–Kier alpha value is -2.24. The van der Waals surface area contributed by atoms with Crippen molar-refractivity contribution in [1.29, 1.82) is 0 Å². The Morgan fingerprint density at radius 1 is 1.04 bits per heavy atom. The highest BCUT2D eigenvalue weighted by atomic mass is 32.2. The second-order valence-electron chi connectivity index (χ2n) is 5.49. The van der Waals surface area contributed by atoms with Gasteiger partial charge in [-0.05, 0) is 41.3 Å². The minimum Gasteiger partial charge on any atom is -0.265 e. The van der Waals surface area contributed by atoms with Crippen molar-refractivity contribution in [2.24, 2.45) is 0 Å². The van der Waals surface area contributed by atoms with Crippen LogP contribution in [0.5, 0.6) is 0 Å². The maximum absolute atomic E-state index is 11.1. The third kappa shape index (κ3) is 3.57. The fourth-order valence-corrected chi connectivity index (χ4v) is 2.92. The predicted molar refractivity (Wildman–Crippen MR) is 91.5 cm³/mol. The molecule has 5 heteroatoms. The Morgan fingerprint density at radius 2 is 1.83 bits per heavy atom. The zero-order valence-corrected chi connectivity index (χ0v) is 13.8. The van der Waals surface area contributed by atoms with E-state index in [0.717, 1.165) is 28.3 Å². The Labute approximate surface area is 135 Å². The van der Waals surface area contributed by atoms with Gasteiger partial charge < -0.3 is 0 Å². The van der Waals surface area contributed by atoms with Crippen molar-refractivity contribution in [2.75, 3.05) is 6.26 Å². The van der Waals surface area contributed by atoms with Crippen LogP contribution in [0.2, 0.25) is 0 Å². The molecule has 2 aromatic carbocycles. The maximum Gasteiger partial charge on any atom is 0.264 e. The molecule has 118 valence electrons. The van der Waals surface area contributed by atoms with Gasteiger partial charge in [0.1, 0.15) is 0 Å². The number of benzene rings is 2. The molecule has 3 rings (SSSR count). The first-order valence-electron chi connectivity index (χ1n) is 7.22. The van der Waals surface area contributed by atoms with E-state index in [9.17, 15) is 8.42 Å². The zero-order valence-electron chi connectivity index (χ0n) is 13.0. The van der Waals surface area contributed by atoms with E-state index in [-0.39, 0.29) is 6.61 Å². The van der Waals surface area contributed by atoms with Gasteiger partial charge in [0.2, 0.25) is 0 Å². The summed E-state index contributed by atoms with van der Waals surface area (Å²) in [7, 11) is -3.45. The number of rotatable bonds is 4. The molecule has 1 aromatic heterocycles. The maximum atomic E-state index is 11.1. The third-order valence-electron chi connectivity index (χ3n) is 3.68. The first-order chi connectivity index (χ1) is 10.9. The van der Waals surface area contributed by atoms with E-state index in [4.69, 9.17) is 4.18 Å². The molecule has 4 nitrogen and oxygen atoms in total. The van der Waals surface area contributed by atoms with E-state index in [2.05, 4.69) is 24.0 Å². The number of aromatic nitrogens is 1. The van der Waals surface area contributed by atoms with Crippen LogP contribution in [0.25, 0.3) is 22.0 Å². The second-order valence-corrected chi connectivity index (χ2v) is 7.14. The zero-order chi connectivity index (χ0) is 16.4. The summed E-state index contributed by atoms with van der Waals surface area (Å²) in [4.78, 5) is 4.40. The van der Waals surface area contributed by atoms with Crippen LogP contribution in [-0.4, -0.2) is 19.7 Å². The summed E-state index contributed by atoms with van der Waals surface area (Å²) in [5.41, 5.74) is 5.07. The van der Waals surface area contributed by atoms with E-state index >= 15 is 0 Å². The topological polar surface area (TPSA) is 56.3 Å². The molecule has 0 radical (unpaired) electrons. The second kappa shape index (κ2) is 6.10. The van der Waals surface area contributed by atoms with E-state index < -0.39 is 10.1 Å². The molecule has 3 aromatic rings. The molecule has 0 spiro atoms. The molecule has 0 atom stereocenters. The lowest BCUT2D eigenvalue weighted by Crippen LogP contribution is -2.02. The number of pyridine rings is 1. The Balaban J connectivity index is 2.05. The molecule has 0 aliphatic carbocycles. The van der Waals surface area contributed by atoms with Gasteiger partial charge in [0.05, 0.1) is 18.4 Å². The third-order valence-corrected chi connectivity index (χ3v) is 4.23. The number of hydrogen-bond donors (Lipinski definition) is 0. The molecule has 0 saturated carbocycles. The van der Waals surface area contributed by atoms with Gasteiger partial charge >= 0.3 is 0 Å². The average Bonchev–Trinajstić information content (AvgIpc) is 2.52. The summed E-state index contributed by atoms with van der Waals surface area (Å²) >= 11 is 0. The minimum atomic E-state index is -3.45. The Kier molecular flexibility index (Phi) is 4.15. The van der Waals surface area contributed by atoms with Crippen LogP contribution in [0.15, 0.2) is 54.7 Å². The monoisotopic (exact) mass is 327 g/mol. The average molecular weight is 327 g/mol. The number of aryl methyl sites for hydroxylation is 1. The van der Waals surface area contributed by atoms with Crippen molar-refractivity contribution in [1.82, 2.24) is 4.98 Å². The SMILES string of the molecule is Cc1ccccc1-c1ccnc2cc(COS(C)(=O)=O)ccc12. The van der Waals surface area contributed by atoms with Gasteiger partial charge in [-0.1, -0.05) is 36.4 Å². The summed E-state index contributed by atoms with van der Waals surface area (Å²) in [5, 5.41) is 1.03. The number of hydrogen-bond acceptors (Lipinski definition) is 4. The number of nitrogens with zero attached hydrogens (tertiary/aromatic N) is 1. The molecule has 0 aliphatic rings. The standard InChI is InChI=1S/C18H17NO3S/c1-13-5-3-4-6-15(13)16-9-10-19-18-11-14(7-8-17(16)18)12-22-23(2,20)21/h3-11H,12H2,1-2H3. The predicted octanol–water partition coefficient (Wildman–Crippen LogP) is 3.69. The normalized spacial score (nSPS) is 11.7. The molecule has 0 fully saturated rings. The van der Waals surface area contributed by atoms with Crippen molar-refractivity contribution < 1.29 is 12.6 Å². The van der Waals surface area contributed by atoms with Gasteiger partial charge in [0, 0.05) is 11.6 Å². The molecular formula is C18H17NO3S. The van der Waals surface area contributed by atoms with Crippen LogP contribution in [0.3, 0.4) is 0 Å². The molecule has 23 heavy (non-hydrogen) atoms. The lowest BCUT2D eigenvalue weighted by molar-refractivity contribution is 0.312. The minimum absolute atomic E-state index is 0.0189. The fourth-order valence-electron chi connectivity index (χ4n) is 2.57. The smallest absolute Gasteiger partial charge is 0.264 e. The van der Waals surface area contributed by atoms with E-state index in [1.54, 1.807) is 6.20 Å². The quantitative estimate of drug-likeness (QED) is 0.686. The van der Waals surface area contributed by atoms with Gasteiger partial charge in [-0.3, -0.25) is 9.17 Å². The Morgan fingerprint density at radius 3 is 2.57 bits per heavy atom. The van der Waals surface area contributed by atoms with Gasteiger partial charge in [-0.25, -0.2) is 0 Å². The van der Waals surface area contributed by atoms with Crippen molar-refractivity contribution in [3.8, 4) is 11.1 Å². The van der Waals surface area contributed by atoms with Crippen LogP contribution in [0.4, 0.5) is 0 Å². The lowest BCUT2D eigenvalue weighted by atomic mass is 9.97. The molecule has 0 unspecified atom stereocenters. The van der Waals surface area contributed by atoms with Gasteiger partial charge in [0.25, 0.3) is 10.1 Å².